The van der Waals surface area contributed by atoms with Gasteiger partial charge in [0.25, 0.3) is 0 Å². The van der Waals surface area contributed by atoms with Crippen LogP contribution < -0.4 is 0 Å². The van der Waals surface area contributed by atoms with E-state index in [9.17, 15) is 0 Å². The van der Waals surface area contributed by atoms with E-state index in [2.05, 4.69) is 78.9 Å². The molecule has 11 rings (SSSR count). The van der Waals surface area contributed by atoms with Crippen molar-refractivity contribution < 1.29 is 8.83 Å². The fraction of sp³-hybridized carbons (Fsp3) is 0. The predicted molar refractivity (Wildman–Crippen MR) is 209 cm³/mol. The second kappa shape index (κ2) is 10.9. The lowest BCUT2D eigenvalue weighted by Gasteiger charge is -2.10. The lowest BCUT2D eigenvalue weighted by atomic mass is 10.00. The zero-order valence-electron chi connectivity index (χ0n) is 27.0. The second-order valence-corrected chi connectivity index (χ2v) is 13.8. The standard InChI is InChI=1S/C45H25N3O2S/c1-2-11-26(12-3-1)43-46-44(33-17-9-20-36-40(33)31-14-4-6-19-35(31)49-36)48-45(47-43)34-18-10-21-37-41(34)32-24-23-27(25-38(32)50-37)28-15-8-16-30-29-13-5-7-22-39(29)51-42(28)30/h1-25H. The molecule has 0 saturated carbocycles. The topological polar surface area (TPSA) is 65.0 Å². The van der Waals surface area contributed by atoms with Crippen LogP contribution >= 0.6 is 11.3 Å². The van der Waals surface area contributed by atoms with Crippen molar-refractivity contribution in [2.24, 2.45) is 0 Å². The van der Waals surface area contributed by atoms with E-state index in [1.54, 1.807) is 0 Å². The van der Waals surface area contributed by atoms with E-state index in [0.717, 1.165) is 66.1 Å². The van der Waals surface area contributed by atoms with Gasteiger partial charge in [0.1, 0.15) is 22.3 Å². The first kappa shape index (κ1) is 28.2. The van der Waals surface area contributed by atoms with Crippen LogP contribution in [0.5, 0.6) is 0 Å². The minimum Gasteiger partial charge on any atom is -0.456 e. The van der Waals surface area contributed by atoms with Crippen LogP contribution in [0, 0.1) is 0 Å². The van der Waals surface area contributed by atoms with Crippen LogP contribution in [0.1, 0.15) is 0 Å². The minimum absolute atomic E-state index is 0.580. The van der Waals surface area contributed by atoms with E-state index in [1.165, 1.54) is 25.7 Å². The molecule has 0 N–H and O–H groups in total. The molecule has 11 aromatic rings. The maximum atomic E-state index is 6.59. The summed E-state index contributed by atoms with van der Waals surface area (Å²) in [5.74, 6) is 1.76. The Morgan fingerprint density at radius 3 is 1.73 bits per heavy atom. The molecule has 4 heterocycles. The molecule has 0 aliphatic rings. The Labute approximate surface area is 295 Å². The summed E-state index contributed by atoms with van der Waals surface area (Å²) in [6.45, 7) is 0. The molecule has 0 bridgehead atoms. The molecule has 4 aromatic heterocycles. The molecule has 0 spiro atoms. The van der Waals surface area contributed by atoms with E-state index in [4.69, 9.17) is 23.8 Å². The Balaban J connectivity index is 1.12. The van der Waals surface area contributed by atoms with Crippen LogP contribution in [0.3, 0.4) is 0 Å². The molecule has 6 heteroatoms. The number of hydrogen-bond acceptors (Lipinski definition) is 6. The van der Waals surface area contributed by atoms with Crippen LogP contribution in [0.25, 0.3) is 109 Å². The Hall–Kier alpha value is -6.63. The first-order chi connectivity index (χ1) is 25.3. The van der Waals surface area contributed by atoms with Crippen LogP contribution in [0.2, 0.25) is 0 Å². The molecule has 238 valence electrons. The van der Waals surface area contributed by atoms with Gasteiger partial charge in [0.2, 0.25) is 0 Å². The highest BCUT2D eigenvalue weighted by Gasteiger charge is 2.21. The Morgan fingerprint density at radius 1 is 0.373 bits per heavy atom. The highest BCUT2D eigenvalue weighted by molar-refractivity contribution is 7.26. The van der Waals surface area contributed by atoms with Crippen molar-refractivity contribution in [2.45, 2.75) is 0 Å². The number of nitrogens with zero attached hydrogens (tertiary/aromatic N) is 3. The van der Waals surface area contributed by atoms with Crippen molar-refractivity contribution in [3.63, 3.8) is 0 Å². The zero-order valence-corrected chi connectivity index (χ0v) is 27.8. The maximum Gasteiger partial charge on any atom is 0.164 e. The van der Waals surface area contributed by atoms with Gasteiger partial charge in [-0.15, -0.1) is 11.3 Å². The third-order valence-corrected chi connectivity index (χ3v) is 11.0. The van der Waals surface area contributed by atoms with Gasteiger partial charge in [0, 0.05) is 58.4 Å². The summed E-state index contributed by atoms with van der Waals surface area (Å²) in [6, 6.07) is 52.0. The lowest BCUT2D eigenvalue weighted by molar-refractivity contribution is 0.668. The van der Waals surface area contributed by atoms with Gasteiger partial charge in [-0.25, -0.2) is 15.0 Å². The highest BCUT2D eigenvalue weighted by atomic mass is 32.1. The van der Waals surface area contributed by atoms with Crippen LogP contribution in [-0.4, -0.2) is 15.0 Å². The number of para-hydroxylation sites is 1. The van der Waals surface area contributed by atoms with Crippen molar-refractivity contribution in [2.75, 3.05) is 0 Å². The number of furan rings is 2. The van der Waals surface area contributed by atoms with Crippen molar-refractivity contribution >= 4 is 75.4 Å². The maximum absolute atomic E-state index is 6.59. The quantitative estimate of drug-likeness (QED) is 0.186. The Kier molecular flexibility index (Phi) is 6.05. The molecule has 0 aliphatic carbocycles. The number of thiophene rings is 1. The van der Waals surface area contributed by atoms with Gasteiger partial charge >= 0.3 is 0 Å². The Morgan fingerprint density at radius 2 is 0.941 bits per heavy atom. The number of hydrogen-bond donors (Lipinski definition) is 0. The smallest absolute Gasteiger partial charge is 0.164 e. The summed E-state index contributed by atoms with van der Waals surface area (Å²) in [7, 11) is 0. The lowest BCUT2D eigenvalue weighted by Crippen LogP contribution is -2.00. The number of benzene rings is 7. The van der Waals surface area contributed by atoms with E-state index in [1.807, 2.05) is 84.1 Å². The normalized spacial score (nSPS) is 11.9. The molecule has 0 saturated heterocycles. The molecule has 0 amide bonds. The molecule has 7 aromatic carbocycles. The monoisotopic (exact) mass is 671 g/mol. The third kappa shape index (κ3) is 4.37. The fourth-order valence-electron chi connectivity index (χ4n) is 7.45. The van der Waals surface area contributed by atoms with E-state index in [0.29, 0.717) is 17.5 Å². The summed E-state index contributed by atoms with van der Waals surface area (Å²) in [6.07, 6.45) is 0. The Bertz CT molecular complexity index is 3160. The average Bonchev–Trinajstić information content (AvgIpc) is 3.89. The van der Waals surface area contributed by atoms with Gasteiger partial charge < -0.3 is 8.83 Å². The highest BCUT2D eigenvalue weighted by Crippen LogP contribution is 2.43. The van der Waals surface area contributed by atoms with Gasteiger partial charge in [-0.1, -0.05) is 115 Å². The largest absolute Gasteiger partial charge is 0.456 e. The van der Waals surface area contributed by atoms with E-state index >= 15 is 0 Å². The molecule has 0 fully saturated rings. The van der Waals surface area contributed by atoms with Gasteiger partial charge in [-0.3, -0.25) is 0 Å². The number of fused-ring (bicyclic) bond motifs is 9. The van der Waals surface area contributed by atoms with Crippen LogP contribution in [-0.2, 0) is 0 Å². The number of rotatable bonds is 4. The van der Waals surface area contributed by atoms with Crippen molar-refractivity contribution in [3.05, 3.63) is 152 Å². The predicted octanol–water partition coefficient (Wildman–Crippen LogP) is 12.7. The molecule has 0 unspecified atom stereocenters. The third-order valence-electron chi connectivity index (χ3n) is 9.76. The van der Waals surface area contributed by atoms with E-state index in [-0.39, 0.29) is 0 Å². The van der Waals surface area contributed by atoms with Gasteiger partial charge in [-0.2, -0.15) is 0 Å². The summed E-state index contributed by atoms with van der Waals surface area (Å²) >= 11 is 1.83. The van der Waals surface area contributed by atoms with Crippen LogP contribution in [0.15, 0.2) is 160 Å². The first-order valence-electron chi connectivity index (χ1n) is 16.9. The zero-order chi connectivity index (χ0) is 33.5. The molecular weight excluding hydrogens is 647 g/mol. The van der Waals surface area contributed by atoms with Gasteiger partial charge in [0.05, 0.1) is 0 Å². The van der Waals surface area contributed by atoms with Crippen molar-refractivity contribution in [1.29, 1.82) is 0 Å². The summed E-state index contributed by atoms with van der Waals surface area (Å²) in [4.78, 5) is 15.4. The molecule has 0 aliphatic heterocycles. The number of aromatic nitrogens is 3. The van der Waals surface area contributed by atoms with E-state index < -0.39 is 0 Å². The van der Waals surface area contributed by atoms with Crippen molar-refractivity contribution in [3.8, 4) is 45.3 Å². The molecule has 0 radical (unpaired) electrons. The summed E-state index contributed by atoms with van der Waals surface area (Å²) in [5.41, 5.74) is 8.23. The molecule has 51 heavy (non-hydrogen) atoms. The molecular formula is C45H25N3O2S. The van der Waals surface area contributed by atoms with Gasteiger partial charge in [-0.05, 0) is 47.5 Å². The van der Waals surface area contributed by atoms with Crippen molar-refractivity contribution in [1.82, 2.24) is 15.0 Å². The minimum atomic E-state index is 0.580. The average molecular weight is 672 g/mol. The van der Waals surface area contributed by atoms with Gasteiger partial charge in [0.15, 0.2) is 17.5 Å². The summed E-state index contributed by atoms with van der Waals surface area (Å²) < 4.78 is 15.4. The fourth-order valence-corrected chi connectivity index (χ4v) is 8.69. The second-order valence-electron chi connectivity index (χ2n) is 12.7. The summed E-state index contributed by atoms with van der Waals surface area (Å²) in [5, 5.41) is 6.56. The molecule has 5 nitrogen and oxygen atoms in total. The van der Waals surface area contributed by atoms with Crippen LogP contribution in [0.4, 0.5) is 0 Å². The SMILES string of the molecule is c1ccc(-c2nc(-c3cccc4oc5ccccc5c34)nc(-c3cccc4oc5cc(-c6cccc7c6sc6ccccc67)ccc5c34)n2)cc1. The first-order valence-corrected chi connectivity index (χ1v) is 17.7. The molecule has 0 atom stereocenters.